The molecule has 0 radical (unpaired) electrons. The van der Waals surface area contributed by atoms with Gasteiger partial charge in [-0.2, -0.15) is 0 Å². The van der Waals surface area contributed by atoms with Crippen LogP contribution < -0.4 is 5.32 Å². The normalized spacial score (nSPS) is 11.0. The second-order valence-electron chi connectivity index (χ2n) is 2.57. The van der Waals surface area contributed by atoms with Crippen molar-refractivity contribution in [2.45, 2.75) is 6.92 Å². The molecule has 0 fully saturated rings. The molecule has 1 amide bonds. The maximum atomic E-state index is 13.0. The third kappa shape index (κ3) is 3.95. The van der Waals surface area contributed by atoms with E-state index in [1.807, 2.05) is 0 Å². The van der Waals surface area contributed by atoms with Gasteiger partial charge in [0, 0.05) is 0 Å². The molecule has 80 valence electrons. The van der Waals surface area contributed by atoms with Crippen LogP contribution in [0.3, 0.4) is 0 Å². The van der Waals surface area contributed by atoms with Gasteiger partial charge < -0.3 is 0 Å². The third-order valence-electron chi connectivity index (χ3n) is 1.36. The summed E-state index contributed by atoms with van der Waals surface area (Å²) in [5, 5.41) is 5.43. The molecule has 4 nitrogen and oxygen atoms in total. The summed E-state index contributed by atoms with van der Waals surface area (Å²) in [6.45, 7) is 1.44. The first-order chi connectivity index (χ1) is 7.09. The van der Waals surface area contributed by atoms with Crippen LogP contribution in [0.25, 0.3) is 0 Å². The van der Waals surface area contributed by atoms with E-state index in [2.05, 4.69) is 15.3 Å². The monoisotopic (exact) mass is 230 g/mol. The molecule has 15 heavy (non-hydrogen) atoms. The number of para-hydroxylation sites is 1. The molecule has 0 atom stereocenters. The predicted octanol–water partition coefficient (Wildman–Crippen LogP) is 2.95. The first kappa shape index (κ1) is 11.5. The summed E-state index contributed by atoms with van der Waals surface area (Å²) >= 11 is 5.33. The molecule has 0 saturated carbocycles. The Labute approximate surface area is 90.7 Å². The molecule has 0 saturated heterocycles. The molecule has 0 bridgehead atoms. The van der Waals surface area contributed by atoms with Gasteiger partial charge >= 0.3 is 6.09 Å². The van der Waals surface area contributed by atoms with Gasteiger partial charge in [0.15, 0.2) is 0 Å². The highest BCUT2D eigenvalue weighted by atomic mass is 35.5. The number of benzene rings is 1. The molecule has 0 aliphatic heterocycles. The number of halogens is 2. The van der Waals surface area contributed by atoms with Crippen LogP contribution in [-0.4, -0.2) is 11.3 Å². The number of carbonyl (C=O) groups excluding carboxylic acids is 1. The number of nitrogens with one attached hydrogen (secondary N) is 1. The van der Waals surface area contributed by atoms with Gasteiger partial charge in [0.05, 0.1) is 5.69 Å². The Balaban J connectivity index is 2.59. The number of nitrogens with zero attached hydrogens (tertiary/aromatic N) is 1. The van der Waals surface area contributed by atoms with Crippen LogP contribution in [0.15, 0.2) is 29.4 Å². The highest BCUT2D eigenvalue weighted by Gasteiger charge is 2.06. The number of hydrogen-bond acceptors (Lipinski definition) is 3. The van der Waals surface area contributed by atoms with E-state index >= 15 is 0 Å². The molecule has 0 heterocycles. The van der Waals surface area contributed by atoms with Crippen molar-refractivity contribution in [3.63, 3.8) is 0 Å². The van der Waals surface area contributed by atoms with E-state index in [0.29, 0.717) is 0 Å². The second kappa shape index (κ2) is 5.31. The highest BCUT2D eigenvalue weighted by molar-refractivity contribution is 6.64. The van der Waals surface area contributed by atoms with E-state index in [9.17, 15) is 9.18 Å². The highest BCUT2D eigenvalue weighted by Crippen LogP contribution is 2.12. The number of anilines is 1. The molecular weight excluding hydrogens is 223 g/mol. The lowest BCUT2D eigenvalue weighted by Gasteiger charge is -2.02. The standard InChI is InChI=1S/C9H8ClFN2O2/c1-6(10)13-15-9(14)12-8-5-3-2-4-7(8)11/h2-5H,1H3,(H,12,14)/b13-6+. The quantitative estimate of drug-likeness (QED) is 0.482. The SMILES string of the molecule is C/C(Cl)=N\OC(=O)Nc1ccccc1F. The fourth-order valence-corrected chi connectivity index (χ4v) is 0.834. The Morgan fingerprint density at radius 1 is 1.53 bits per heavy atom. The molecule has 0 aliphatic carbocycles. The molecule has 0 aliphatic rings. The van der Waals surface area contributed by atoms with Crippen molar-refractivity contribution in [3.8, 4) is 0 Å². The molecular formula is C9H8ClFN2O2. The van der Waals surface area contributed by atoms with E-state index in [1.54, 1.807) is 6.07 Å². The number of rotatable bonds is 2. The van der Waals surface area contributed by atoms with Gasteiger partial charge in [-0.25, -0.2) is 9.18 Å². The minimum absolute atomic E-state index is 0.0184. The van der Waals surface area contributed by atoms with E-state index in [4.69, 9.17) is 11.6 Å². The topological polar surface area (TPSA) is 50.7 Å². The lowest BCUT2D eigenvalue weighted by Crippen LogP contribution is -2.12. The van der Waals surface area contributed by atoms with E-state index in [0.717, 1.165) is 0 Å². The molecule has 1 aromatic carbocycles. The fourth-order valence-electron chi connectivity index (χ4n) is 0.800. The average molecular weight is 231 g/mol. The molecule has 0 spiro atoms. The summed E-state index contributed by atoms with van der Waals surface area (Å²) in [6, 6.07) is 5.70. The summed E-state index contributed by atoms with van der Waals surface area (Å²) in [6.07, 6.45) is -0.903. The van der Waals surface area contributed by atoms with Crippen molar-refractivity contribution < 1.29 is 14.0 Å². The lowest BCUT2D eigenvalue weighted by atomic mass is 10.3. The van der Waals surface area contributed by atoms with Crippen molar-refractivity contribution in [2.75, 3.05) is 5.32 Å². The zero-order valence-corrected chi connectivity index (χ0v) is 8.58. The Kier molecular flexibility index (Phi) is 4.05. The molecule has 0 aromatic heterocycles. The van der Waals surface area contributed by atoms with Crippen LogP contribution in [0.4, 0.5) is 14.9 Å². The second-order valence-corrected chi connectivity index (χ2v) is 3.12. The Hall–Kier alpha value is -1.62. The van der Waals surface area contributed by atoms with Gasteiger partial charge in [0.1, 0.15) is 11.0 Å². The smallest absolute Gasteiger partial charge is 0.297 e. The van der Waals surface area contributed by atoms with Crippen molar-refractivity contribution in [2.24, 2.45) is 5.16 Å². The van der Waals surface area contributed by atoms with Gasteiger partial charge in [-0.05, 0) is 19.1 Å². The number of oxime groups is 1. The lowest BCUT2D eigenvalue weighted by molar-refractivity contribution is 0.166. The summed E-state index contributed by atoms with van der Waals surface area (Å²) in [5.41, 5.74) is 0.0184. The number of hydrogen-bond donors (Lipinski definition) is 1. The van der Waals surface area contributed by atoms with Gasteiger partial charge in [-0.3, -0.25) is 10.2 Å². The maximum Gasteiger partial charge on any atom is 0.437 e. The summed E-state index contributed by atoms with van der Waals surface area (Å²) in [4.78, 5) is 15.3. The largest absolute Gasteiger partial charge is 0.437 e. The van der Waals surface area contributed by atoms with Gasteiger partial charge in [0.2, 0.25) is 0 Å². The molecule has 1 N–H and O–H groups in total. The van der Waals surface area contributed by atoms with Crippen LogP contribution in [0.5, 0.6) is 0 Å². The fraction of sp³-hybridized carbons (Fsp3) is 0.111. The van der Waals surface area contributed by atoms with Crippen molar-refractivity contribution >= 4 is 28.6 Å². The Morgan fingerprint density at radius 3 is 2.80 bits per heavy atom. The maximum absolute atomic E-state index is 13.0. The van der Waals surface area contributed by atoms with Crippen molar-refractivity contribution in [1.29, 1.82) is 0 Å². The van der Waals surface area contributed by atoms with Crippen LogP contribution >= 0.6 is 11.6 Å². The Morgan fingerprint density at radius 2 is 2.20 bits per heavy atom. The van der Waals surface area contributed by atoms with Crippen molar-refractivity contribution in [3.05, 3.63) is 30.1 Å². The van der Waals surface area contributed by atoms with Gasteiger partial charge in [0.25, 0.3) is 0 Å². The first-order valence-electron chi connectivity index (χ1n) is 4.02. The molecule has 6 heteroatoms. The minimum Gasteiger partial charge on any atom is -0.297 e. The van der Waals surface area contributed by atoms with Crippen LogP contribution in [-0.2, 0) is 4.84 Å². The summed E-state index contributed by atoms with van der Waals surface area (Å²) in [7, 11) is 0. The summed E-state index contributed by atoms with van der Waals surface area (Å²) in [5.74, 6) is -0.555. The van der Waals surface area contributed by atoms with E-state index in [1.165, 1.54) is 25.1 Å². The van der Waals surface area contributed by atoms with Gasteiger partial charge in [-0.15, -0.1) is 0 Å². The summed E-state index contributed by atoms with van der Waals surface area (Å²) < 4.78 is 13.0. The van der Waals surface area contributed by atoms with Crippen LogP contribution in [0.1, 0.15) is 6.92 Å². The molecule has 1 aromatic rings. The van der Waals surface area contributed by atoms with Gasteiger partial charge in [-0.1, -0.05) is 28.9 Å². The minimum atomic E-state index is -0.903. The average Bonchev–Trinajstić information content (AvgIpc) is 2.18. The number of carbonyl (C=O) groups is 1. The zero-order chi connectivity index (χ0) is 11.3. The van der Waals surface area contributed by atoms with Crippen LogP contribution in [0.2, 0.25) is 0 Å². The Bertz CT molecular complexity index is 391. The van der Waals surface area contributed by atoms with E-state index in [-0.39, 0.29) is 10.9 Å². The predicted molar refractivity (Wildman–Crippen MR) is 55.5 cm³/mol. The molecule has 1 rings (SSSR count). The zero-order valence-electron chi connectivity index (χ0n) is 7.83. The third-order valence-corrected chi connectivity index (χ3v) is 1.43. The van der Waals surface area contributed by atoms with Crippen molar-refractivity contribution in [1.82, 2.24) is 0 Å². The van der Waals surface area contributed by atoms with Crippen LogP contribution in [0, 0.1) is 5.82 Å². The van der Waals surface area contributed by atoms with E-state index < -0.39 is 11.9 Å². The molecule has 0 unspecified atom stereocenters. The first-order valence-corrected chi connectivity index (χ1v) is 4.40. The number of amides is 1.